The number of amides is 1. The summed E-state index contributed by atoms with van der Waals surface area (Å²) < 4.78 is 16.3. The first-order chi connectivity index (χ1) is 12.3. The van der Waals surface area contributed by atoms with E-state index < -0.39 is 0 Å². The monoisotopic (exact) mass is 348 g/mol. The zero-order chi connectivity index (χ0) is 17.5. The van der Waals surface area contributed by atoms with Crippen LogP contribution >= 0.6 is 0 Å². The molecule has 2 atom stereocenters. The van der Waals surface area contributed by atoms with Gasteiger partial charge < -0.3 is 19.5 Å². The summed E-state index contributed by atoms with van der Waals surface area (Å²) in [5.74, 6) is 1.31. The molecule has 2 saturated heterocycles. The molecule has 1 aromatic rings. The van der Waals surface area contributed by atoms with E-state index in [2.05, 4.69) is 10.2 Å². The zero-order valence-electron chi connectivity index (χ0n) is 14.9. The van der Waals surface area contributed by atoms with Crippen molar-refractivity contribution in [2.45, 2.75) is 18.9 Å². The highest BCUT2D eigenvalue weighted by Crippen LogP contribution is 2.22. The highest BCUT2D eigenvalue weighted by atomic mass is 16.5. The van der Waals surface area contributed by atoms with Gasteiger partial charge in [0.05, 0.1) is 33.4 Å². The molecule has 0 saturated carbocycles. The molecule has 3 rings (SSSR count). The first-order valence-electron chi connectivity index (χ1n) is 9.05. The summed E-state index contributed by atoms with van der Waals surface area (Å²) in [6.07, 6.45) is 1.43. The Bertz CT molecular complexity index is 554. The average Bonchev–Trinajstić information content (AvgIpc) is 3.17. The smallest absolute Gasteiger partial charge is 0.224 e. The van der Waals surface area contributed by atoms with Gasteiger partial charge in [-0.1, -0.05) is 12.1 Å². The lowest BCUT2D eigenvalue weighted by molar-refractivity contribution is -0.120. The van der Waals surface area contributed by atoms with Crippen molar-refractivity contribution >= 4 is 5.91 Å². The summed E-state index contributed by atoms with van der Waals surface area (Å²) in [5, 5.41) is 3.13. The van der Waals surface area contributed by atoms with E-state index in [1.807, 2.05) is 24.3 Å². The van der Waals surface area contributed by atoms with Crippen molar-refractivity contribution in [3.63, 3.8) is 0 Å². The molecule has 0 bridgehead atoms. The van der Waals surface area contributed by atoms with E-state index >= 15 is 0 Å². The molecule has 1 aromatic carbocycles. The van der Waals surface area contributed by atoms with Gasteiger partial charge in [-0.3, -0.25) is 9.69 Å². The third-order valence-corrected chi connectivity index (χ3v) is 5.03. The second-order valence-electron chi connectivity index (χ2n) is 6.67. The van der Waals surface area contributed by atoms with E-state index in [0.717, 1.165) is 57.3 Å². The Kier molecular flexibility index (Phi) is 6.67. The van der Waals surface area contributed by atoms with Crippen molar-refractivity contribution < 1.29 is 19.0 Å². The van der Waals surface area contributed by atoms with Crippen LogP contribution in [0.2, 0.25) is 0 Å². The van der Waals surface area contributed by atoms with Gasteiger partial charge in [-0.2, -0.15) is 0 Å². The number of morpholine rings is 1. The lowest BCUT2D eigenvalue weighted by Gasteiger charge is -2.37. The molecule has 6 nitrogen and oxygen atoms in total. The standard InChI is InChI=1S/C19H28N2O4/c1-23-17-4-2-3-15(11-17)12-19(22)20-13-18(16-5-8-25-14-16)21-6-9-24-10-7-21/h2-4,11,16,18H,5-10,12-14H2,1H3,(H,20,22)/t16-,18-/m0/s1. The third kappa shape index (κ3) is 5.17. The summed E-state index contributed by atoms with van der Waals surface area (Å²) in [6.45, 7) is 5.65. The van der Waals surface area contributed by atoms with Gasteiger partial charge in [-0.05, 0) is 24.1 Å². The quantitative estimate of drug-likeness (QED) is 0.799. The summed E-state index contributed by atoms with van der Waals surface area (Å²) in [4.78, 5) is 14.8. The van der Waals surface area contributed by atoms with Crippen molar-refractivity contribution in [2.24, 2.45) is 5.92 Å². The molecule has 6 heteroatoms. The molecule has 138 valence electrons. The number of ether oxygens (including phenoxy) is 3. The Balaban J connectivity index is 1.54. The fraction of sp³-hybridized carbons (Fsp3) is 0.632. The van der Waals surface area contributed by atoms with Crippen LogP contribution < -0.4 is 10.1 Å². The maximum atomic E-state index is 12.4. The normalized spacial score (nSPS) is 22.5. The molecule has 0 aliphatic carbocycles. The van der Waals surface area contributed by atoms with Gasteiger partial charge in [0, 0.05) is 38.2 Å². The summed E-state index contributed by atoms with van der Waals surface area (Å²) in [7, 11) is 1.63. The number of nitrogens with zero attached hydrogens (tertiary/aromatic N) is 1. The Labute approximate surface area is 149 Å². The average molecular weight is 348 g/mol. The number of nitrogens with one attached hydrogen (secondary N) is 1. The molecule has 2 fully saturated rings. The maximum absolute atomic E-state index is 12.4. The topological polar surface area (TPSA) is 60.0 Å². The molecule has 0 spiro atoms. The van der Waals surface area contributed by atoms with Crippen LogP contribution in [0.1, 0.15) is 12.0 Å². The van der Waals surface area contributed by atoms with Crippen LogP contribution in [-0.2, 0) is 20.7 Å². The molecule has 25 heavy (non-hydrogen) atoms. The van der Waals surface area contributed by atoms with Gasteiger partial charge in [0.1, 0.15) is 5.75 Å². The Morgan fingerprint density at radius 1 is 1.32 bits per heavy atom. The van der Waals surface area contributed by atoms with Crippen LogP contribution in [0.25, 0.3) is 0 Å². The summed E-state index contributed by atoms with van der Waals surface area (Å²) in [5.41, 5.74) is 0.962. The molecule has 2 aliphatic heterocycles. The van der Waals surface area contributed by atoms with E-state index in [1.54, 1.807) is 7.11 Å². The van der Waals surface area contributed by atoms with Crippen LogP contribution in [-0.4, -0.2) is 70.0 Å². The molecular weight excluding hydrogens is 320 g/mol. The molecule has 1 amide bonds. The van der Waals surface area contributed by atoms with Gasteiger partial charge >= 0.3 is 0 Å². The lowest BCUT2D eigenvalue weighted by Crippen LogP contribution is -2.52. The molecule has 0 radical (unpaired) electrons. The molecule has 0 unspecified atom stereocenters. The number of hydrogen-bond donors (Lipinski definition) is 1. The maximum Gasteiger partial charge on any atom is 0.224 e. The molecule has 2 aliphatic rings. The number of hydrogen-bond acceptors (Lipinski definition) is 5. The minimum Gasteiger partial charge on any atom is -0.497 e. The van der Waals surface area contributed by atoms with Gasteiger partial charge in [0.2, 0.25) is 5.91 Å². The van der Waals surface area contributed by atoms with Gasteiger partial charge in [0.15, 0.2) is 0 Å². The van der Waals surface area contributed by atoms with E-state index in [1.165, 1.54) is 0 Å². The van der Waals surface area contributed by atoms with E-state index in [0.29, 0.717) is 24.9 Å². The number of rotatable bonds is 7. The lowest BCUT2D eigenvalue weighted by atomic mass is 9.96. The van der Waals surface area contributed by atoms with E-state index in [-0.39, 0.29) is 5.91 Å². The SMILES string of the molecule is COc1cccc(CC(=O)NC[C@@H]([C@H]2CCOC2)N2CCOCC2)c1. The fourth-order valence-electron chi connectivity index (χ4n) is 3.61. The number of benzene rings is 1. The highest BCUT2D eigenvalue weighted by molar-refractivity contribution is 5.78. The highest BCUT2D eigenvalue weighted by Gasteiger charge is 2.31. The minimum absolute atomic E-state index is 0.0467. The minimum atomic E-state index is 0.0467. The van der Waals surface area contributed by atoms with Crippen LogP contribution in [0.5, 0.6) is 5.75 Å². The third-order valence-electron chi connectivity index (χ3n) is 5.03. The van der Waals surface area contributed by atoms with E-state index in [4.69, 9.17) is 14.2 Å². The largest absolute Gasteiger partial charge is 0.497 e. The summed E-state index contributed by atoms with van der Waals surface area (Å²) in [6, 6.07) is 7.97. The number of carbonyl (C=O) groups is 1. The Morgan fingerprint density at radius 2 is 2.16 bits per heavy atom. The van der Waals surface area contributed by atoms with Crippen LogP contribution in [0.3, 0.4) is 0 Å². The predicted molar refractivity (Wildman–Crippen MR) is 94.8 cm³/mol. The van der Waals surface area contributed by atoms with Crippen LogP contribution in [0.4, 0.5) is 0 Å². The van der Waals surface area contributed by atoms with Crippen LogP contribution in [0, 0.1) is 5.92 Å². The van der Waals surface area contributed by atoms with Crippen molar-refractivity contribution in [1.29, 1.82) is 0 Å². The molecule has 2 heterocycles. The van der Waals surface area contributed by atoms with Crippen molar-refractivity contribution in [3.05, 3.63) is 29.8 Å². The first-order valence-corrected chi connectivity index (χ1v) is 9.05. The fourth-order valence-corrected chi connectivity index (χ4v) is 3.61. The second kappa shape index (κ2) is 9.17. The number of carbonyl (C=O) groups excluding carboxylic acids is 1. The molecule has 1 N–H and O–H groups in total. The molecule has 0 aromatic heterocycles. The Morgan fingerprint density at radius 3 is 2.88 bits per heavy atom. The molecular formula is C19H28N2O4. The summed E-state index contributed by atoms with van der Waals surface area (Å²) >= 11 is 0. The number of methoxy groups -OCH3 is 1. The van der Waals surface area contributed by atoms with E-state index in [9.17, 15) is 4.79 Å². The van der Waals surface area contributed by atoms with Crippen molar-refractivity contribution in [3.8, 4) is 5.75 Å². The van der Waals surface area contributed by atoms with Gasteiger partial charge in [-0.15, -0.1) is 0 Å². The van der Waals surface area contributed by atoms with Gasteiger partial charge in [-0.25, -0.2) is 0 Å². The Hall–Kier alpha value is -1.63. The van der Waals surface area contributed by atoms with Crippen molar-refractivity contribution in [2.75, 3.05) is 53.2 Å². The first kappa shape index (κ1) is 18.2. The predicted octanol–water partition coefficient (Wildman–Crippen LogP) is 1.09. The van der Waals surface area contributed by atoms with Crippen molar-refractivity contribution in [1.82, 2.24) is 10.2 Å². The second-order valence-corrected chi connectivity index (χ2v) is 6.67. The zero-order valence-corrected chi connectivity index (χ0v) is 14.9. The van der Waals surface area contributed by atoms with Crippen LogP contribution in [0.15, 0.2) is 24.3 Å². The van der Waals surface area contributed by atoms with Gasteiger partial charge in [0.25, 0.3) is 0 Å².